The van der Waals surface area contributed by atoms with Crippen molar-refractivity contribution in [3.63, 3.8) is 0 Å². The molecular formula is C18H36O2. The lowest BCUT2D eigenvalue weighted by Gasteiger charge is -2.07. The van der Waals surface area contributed by atoms with Crippen molar-refractivity contribution in [2.75, 3.05) is 0 Å². The first-order chi connectivity index (χ1) is 9.47. The molecule has 0 N–H and O–H groups in total. The van der Waals surface area contributed by atoms with Crippen LogP contribution in [-0.4, -0.2) is 5.97 Å². The largest absolute Gasteiger partial charge is 0.426 e. The summed E-state index contributed by atoms with van der Waals surface area (Å²) in [7, 11) is 0. The second-order valence-corrected chi connectivity index (χ2v) is 3.52. The molecule has 2 nitrogen and oxygen atoms in total. The number of ether oxygens (including phenoxy) is 1. The van der Waals surface area contributed by atoms with Gasteiger partial charge in [-0.3, -0.25) is 4.79 Å². The smallest absolute Gasteiger partial charge is 0.308 e. The molecule has 0 fully saturated rings. The van der Waals surface area contributed by atoms with E-state index in [1.165, 1.54) is 6.92 Å². The predicted octanol–water partition coefficient (Wildman–Crippen LogP) is 6.30. The lowest BCUT2D eigenvalue weighted by molar-refractivity contribution is -0.136. The topological polar surface area (TPSA) is 26.3 Å². The van der Waals surface area contributed by atoms with Crippen LogP contribution in [0.15, 0.2) is 36.6 Å². The highest BCUT2D eigenvalue weighted by molar-refractivity contribution is 5.68. The Kier molecular flexibility index (Phi) is 30.9. The minimum absolute atomic E-state index is 0.331. The lowest BCUT2D eigenvalue weighted by atomic mass is 10.1. The SMILES string of the molecule is C=CC(=C)/C(=C\CC(C)C)OC(C)=O.CC.CC.CC. The molecule has 2 heteroatoms. The number of hydrogen-bond donors (Lipinski definition) is 0. The fourth-order valence-corrected chi connectivity index (χ4v) is 0.836. The highest BCUT2D eigenvalue weighted by Gasteiger charge is 2.04. The third-order valence-corrected chi connectivity index (χ3v) is 1.59. The Bertz CT molecular complexity index is 261. The van der Waals surface area contributed by atoms with Crippen LogP contribution in [0.25, 0.3) is 0 Å². The monoisotopic (exact) mass is 284 g/mol. The number of carbonyl (C=O) groups is 1. The molecule has 0 heterocycles. The molecule has 0 aliphatic rings. The van der Waals surface area contributed by atoms with Crippen LogP contribution in [0.1, 0.15) is 68.7 Å². The van der Waals surface area contributed by atoms with Crippen LogP contribution in [-0.2, 0) is 9.53 Å². The minimum Gasteiger partial charge on any atom is -0.426 e. The average molecular weight is 284 g/mol. The van der Waals surface area contributed by atoms with Crippen molar-refractivity contribution in [2.24, 2.45) is 5.92 Å². The van der Waals surface area contributed by atoms with Crippen LogP contribution in [0, 0.1) is 5.92 Å². The molecule has 0 rings (SSSR count). The van der Waals surface area contributed by atoms with Gasteiger partial charge in [0.25, 0.3) is 0 Å². The van der Waals surface area contributed by atoms with Gasteiger partial charge in [0.1, 0.15) is 5.76 Å². The molecule has 0 bridgehead atoms. The van der Waals surface area contributed by atoms with Gasteiger partial charge in [-0.2, -0.15) is 0 Å². The number of hydrogen-bond acceptors (Lipinski definition) is 2. The number of allylic oxidation sites excluding steroid dienone is 2. The molecule has 0 spiro atoms. The van der Waals surface area contributed by atoms with E-state index in [0.29, 0.717) is 17.3 Å². The Hall–Kier alpha value is -1.31. The maximum absolute atomic E-state index is 10.8. The van der Waals surface area contributed by atoms with Crippen molar-refractivity contribution in [3.8, 4) is 0 Å². The first-order valence-electron chi connectivity index (χ1n) is 7.67. The van der Waals surface area contributed by atoms with Gasteiger partial charge in [-0.05, 0) is 18.4 Å². The summed E-state index contributed by atoms with van der Waals surface area (Å²) in [5, 5.41) is 0. The van der Waals surface area contributed by atoms with Gasteiger partial charge in [0.2, 0.25) is 0 Å². The molecule has 0 aromatic rings. The van der Waals surface area contributed by atoms with Crippen LogP contribution in [0.5, 0.6) is 0 Å². The van der Waals surface area contributed by atoms with E-state index in [9.17, 15) is 4.79 Å². The predicted molar refractivity (Wildman–Crippen MR) is 92.7 cm³/mol. The maximum Gasteiger partial charge on any atom is 0.308 e. The summed E-state index contributed by atoms with van der Waals surface area (Å²) in [5.41, 5.74) is 0.640. The minimum atomic E-state index is -0.331. The second kappa shape index (κ2) is 22.8. The van der Waals surface area contributed by atoms with Gasteiger partial charge in [0.05, 0.1) is 0 Å². The fourth-order valence-electron chi connectivity index (χ4n) is 0.836. The second-order valence-electron chi connectivity index (χ2n) is 3.52. The molecule has 0 aliphatic carbocycles. The molecule has 0 aromatic heterocycles. The molecule has 0 radical (unpaired) electrons. The van der Waals surface area contributed by atoms with Gasteiger partial charge in [0.15, 0.2) is 0 Å². The molecule has 0 aliphatic heterocycles. The third-order valence-electron chi connectivity index (χ3n) is 1.59. The summed E-state index contributed by atoms with van der Waals surface area (Å²) in [6.07, 6.45) is 4.31. The lowest BCUT2D eigenvalue weighted by Crippen LogP contribution is -2.00. The number of esters is 1. The Morgan fingerprint density at radius 3 is 1.75 bits per heavy atom. The quantitative estimate of drug-likeness (QED) is 0.336. The zero-order chi connectivity index (χ0) is 17.1. The van der Waals surface area contributed by atoms with E-state index < -0.39 is 0 Å². The third kappa shape index (κ3) is 21.9. The normalized spacial score (nSPS) is 8.80. The standard InChI is InChI=1S/C12H18O2.3C2H6/c1-6-10(4)12(14-11(5)13)8-7-9(2)3;3*1-2/h6,8-9H,1,4,7H2,2-3,5H3;3*1-2H3/b12-8+;;;. The van der Waals surface area contributed by atoms with Gasteiger partial charge in [-0.1, -0.05) is 74.6 Å². The molecule has 0 aromatic carbocycles. The number of carbonyl (C=O) groups excluding carboxylic acids is 1. The van der Waals surface area contributed by atoms with Gasteiger partial charge in [0, 0.05) is 12.5 Å². The molecule has 0 atom stereocenters. The van der Waals surface area contributed by atoms with Crippen LogP contribution in [0.3, 0.4) is 0 Å². The molecule has 0 amide bonds. The van der Waals surface area contributed by atoms with Crippen molar-refractivity contribution in [1.82, 2.24) is 0 Å². The van der Waals surface area contributed by atoms with E-state index >= 15 is 0 Å². The van der Waals surface area contributed by atoms with E-state index in [2.05, 4.69) is 27.0 Å². The first-order valence-corrected chi connectivity index (χ1v) is 7.67. The first kappa shape index (κ1) is 27.1. The van der Waals surface area contributed by atoms with E-state index in [1.54, 1.807) is 6.08 Å². The molecule has 0 unspecified atom stereocenters. The molecule has 0 saturated heterocycles. The Balaban J connectivity index is -0.000000187. The van der Waals surface area contributed by atoms with E-state index in [0.717, 1.165) is 6.42 Å². The highest BCUT2D eigenvalue weighted by Crippen LogP contribution is 2.14. The Labute approximate surface area is 127 Å². The zero-order valence-electron chi connectivity index (χ0n) is 15.2. The van der Waals surface area contributed by atoms with Crippen molar-refractivity contribution in [2.45, 2.75) is 68.7 Å². The molecule has 20 heavy (non-hydrogen) atoms. The maximum atomic E-state index is 10.8. The van der Waals surface area contributed by atoms with Crippen molar-refractivity contribution in [3.05, 3.63) is 36.6 Å². The van der Waals surface area contributed by atoms with E-state index in [1.807, 2.05) is 47.6 Å². The molecular weight excluding hydrogens is 248 g/mol. The average Bonchev–Trinajstić information content (AvgIpc) is 2.48. The van der Waals surface area contributed by atoms with Crippen LogP contribution in [0.2, 0.25) is 0 Å². The van der Waals surface area contributed by atoms with Gasteiger partial charge in [-0.15, -0.1) is 0 Å². The van der Waals surface area contributed by atoms with Gasteiger partial charge < -0.3 is 4.74 Å². The summed E-state index contributed by atoms with van der Waals surface area (Å²) in [6, 6.07) is 0. The summed E-state index contributed by atoms with van der Waals surface area (Å²) >= 11 is 0. The summed E-state index contributed by atoms with van der Waals surface area (Å²) in [5.74, 6) is 0.711. The van der Waals surface area contributed by atoms with Gasteiger partial charge >= 0.3 is 5.97 Å². The highest BCUT2D eigenvalue weighted by atomic mass is 16.5. The van der Waals surface area contributed by atoms with Crippen molar-refractivity contribution < 1.29 is 9.53 Å². The summed E-state index contributed by atoms with van der Waals surface area (Å²) in [6.45, 7) is 24.9. The molecule has 0 saturated carbocycles. The van der Waals surface area contributed by atoms with Crippen molar-refractivity contribution in [1.29, 1.82) is 0 Å². The molecule has 120 valence electrons. The zero-order valence-corrected chi connectivity index (χ0v) is 15.2. The van der Waals surface area contributed by atoms with E-state index in [-0.39, 0.29) is 5.97 Å². The van der Waals surface area contributed by atoms with Crippen LogP contribution < -0.4 is 0 Å². The van der Waals surface area contributed by atoms with E-state index in [4.69, 9.17) is 4.74 Å². The Morgan fingerprint density at radius 1 is 1.10 bits per heavy atom. The van der Waals surface area contributed by atoms with Crippen LogP contribution in [0.4, 0.5) is 0 Å². The fraction of sp³-hybridized carbons (Fsp3) is 0.611. The van der Waals surface area contributed by atoms with Gasteiger partial charge in [-0.25, -0.2) is 0 Å². The Morgan fingerprint density at radius 2 is 1.50 bits per heavy atom. The summed E-state index contributed by atoms with van der Waals surface area (Å²) in [4.78, 5) is 10.8. The van der Waals surface area contributed by atoms with Crippen LogP contribution >= 0.6 is 0 Å². The van der Waals surface area contributed by atoms with Crippen molar-refractivity contribution >= 4 is 5.97 Å². The number of rotatable bonds is 5. The summed E-state index contributed by atoms with van der Waals surface area (Å²) < 4.78 is 5.00.